The van der Waals surface area contributed by atoms with Gasteiger partial charge in [-0.3, -0.25) is 9.59 Å². The molecule has 0 bridgehead atoms. The van der Waals surface area contributed by atoms with E-state index in [1.54, 1.807) is 0 Å². The average Bonchev–Trinajstić information content (AvgIpc) is 4.14. The van der Waals surface area contributed by atoms with Gasteiger partial charge in [0.15, 0.2) is 6.23 Å². The van der Waals surface area contributed by atoms with Gasteiger partial charge in [0, 0.05) is 41.6 Å². The molecule has 9 rings (SSSR count). The fourth-order valence-corrected chi connectivity index (χ4v) is 9.80. The molecule has 0 spiro atoms. The lowest BCUT2D eigenvalue weighted by Gasteiger charge is -2.30. The smallest absolute Gasteiger partial charge is 0.407 e. The molecule has 0 saturated carbocycles. The fourth-order valence-electron chi connectivity index (χ4n) is 9.80. The summed E-state index contributed by atoms with van der Waals surface area (Å²) in [6, 6.07) is 24.2. The van der Waals surface area contributed by atoms with Crippen molar-refractivity contribution in [3.63, 3.8) is 0 Å². The van der Waals surface area contributed by atoms with Crippen LogP contribution in [0.4, 0.5) is 4.79 Å². The zero-order chi connectivity index (χ0) is 43.9. The molecule has 6 heterocycles. The Kier molecular flexibility index (Phi) is 11.6. The Labute approximate surface area is 367 Å². The van der Waals surface area contributed by atoms with Crippen molar-refractivity contribution in [3.05, 3.63) is 102 Å². The number of amides is 3. The van der Waals surface area contributed by atoms with Crippen LogP contribution in [0.2, 0.25) is 0 Å². The van der Waals surface area contributed by atoms with Crippen LogP contribution >= 0.6 is 0 Å². The first kappa shape index (κ1) is 41.9. The lowest BCUT2D eigenvalue weighted by atomic mass is 10.0. The molecule has 14 nitrogen and oxygen atoms in total. The van der Waals surface area contributed by atoms with Crippen molar-refractivity contribution in [3.8, 4) is 39.5 Å². The number of aromatic amines is 2. The Morgan fingerprint density at radius 1 is 0.794 bits per heavy atom. The van der Waals surface area contributed by atoms with E-state index in [0.29, 0.717) is 13.0 Å². The number of ether oxygens (including phenoxy) is 2. The first-order chi connectivity index (χ1) is 30.5. The molecule has 3 aromatic heterocycles. The molecular formula is C49H57N9O5. The minimum Gasteiger partial charge on any atom is -0.469 e. The van der Waals surface area contributed by atoms with Gasteiger partial charge >= 0.3 is 6.09 Å². The second-order valence-corrected chi connectivity index (χ2v) is 17.8. The number of likely N-dealkylation sites (tertiary alicyclic amines) is 2. The van der Waals surface area contributed by atoms with Crippen LogP contribution in [0.1, 0.15) is 88.9 Å². The van der Waals surface area contributed by atoms with Crippen molar-refractivity contribution in [1.82, 2.24) is 44.9 Å². The number of benzene rings is 3. The van der Waals surface area contributed by atoms with Crippen LogP contribution in [0.3, 0.4) is 0 Å². The normalized spacial score (nSPS) is 19.3. The fraction of sp³-hybridized carbons (Fsp3) is 0.408. The predicted molar refractivity (Wildman–Crippen MR) is 242 cm³/mol. The zero-order valence-electron chi connectivity index (χ0n) is 36.9. The Morgan fingerprint density at radius 3 is 2.00 bits per heavy atom. The summed E-state index contributed by atoms with van der Waals surface area (Å²) in [4.78, 5) is 60.0. The highest BCUT2D eigenvalue weighted by atomic mass is 16.5. The minimum atomic E-state index is -0.701. The molecule has 3 amide bonds. The number of hydrogen-bond donors (Lipinski definition) is 4. The summed E-state index contributed by atoms with van der Waals surface area (Å²) in [5, 5.41) is 7.01. The number of carbonyl (C=O) groups excluding carboxylic acids is 3. The van der Waals surface area contributed by atoms with Gasteiger partial charge in [0.05, 0.1) is 60.2 Å². The summed E-state index contributed by atoms with van der Waals surface area (Å²) in [7, 11) is 3.15. The van der Waals surface area contributed by atoms with Crippen molar-refractivity contribution < 1.29 is 23.9 Å². The Balaban J connectivity index is 1.01. The van der Waals surface area contributed by atoms with Crippen LogP contribution in [-0.4, -0.2) is 91.5 Å². The Bertz CT molecular complexity index is 2630. The van der Waals surface area contributed by atoms with E-state index in [-0.39, 0.29) is 48.0 Å². The minimum absolute atomic E-state index is 0.0974. The summed E-state index contributed by atoms with van der Waals surface area (Å²) >= 11 is 0. The van der Waals surface area contributed by atoms with E-state index in [4.69, 9.17) is 19.4 Å². The van der Waals surface area contributed by atoms with E-state index in [1.807, 2.05) is 49.2 Å². The number of carbonyl (C=O) groups is 3. The molecule has 63 heavy (non-hydrogen) atoms. The molecular weight excluding hydrogens is 795 g/mol. The van der Waals surface area contributed by atoms with E-state index in [0.717, 1.165) is 94.3 Å². The topological polar surface area (TPSA) is 162 Å². The molecule has 0 aliphatic carbocycles. The summed E-state index contributed by atoms with van der Waals surface area (Å²) in [6.45, 7) is 9.27. The molecule has 3 aromatic carbocycles. The number of rotatable bonds is 12. The number of alkyl carbamates (subject to hydrolysis) is 1. The Hall–Kier alpha value is -6.41. The highest BCUT2D eigenvalue weighted by Gasteiger charge is 2.39. The number of fused-ring (bicyclic) bond motifs is 5. The van der Waals surface area contributed by atoms with E-state index < -0.39 is 12.1 Å². The Morgan fingerprint density at radius 2 is 1.40 bits per heavy atom. The number of imidazole rings is 2. The van der Waals surface area contributed by atoms with Crippen LogP contribution in [0.25, 0.3) is 44.7 Å². The second kappa shape index (κ2) is 17.4. The highest BCUT2D eigenvalue weighted by Crippen LogP contribution is 2.45. The molecule has 6 aromatic rings. The van der Waals surface area contributed by atoms with Crippen molar-refractivity contribution in [2.75, 3.05) is 27.2 Å². The summed E-state index contributed by atoms with van der Waals surface area (Å²) in [5.41, 5.74) is 7.96. The predicted octanol–water partition coefficient (Wildman–Crippen LogP) is 8.17. The molecule has 2 saturated heterocycles. The van der Waals surface area contributed by atoms with Crippen LogP contribution in [-0.2, 0) is 20.7 Å². The number of methoxy groups -OCH3 is 1. The number of H-pyrrole nitrogens is 2. The standard InChI is InChI=1S/C49H57N9O5/c1-28(2)43(50-5)47(59)56-20-10-14-38(56)45-52-27-36(54-45)32-16-18-34-40-24-33-23-31(17-19-37(33)58(40)42(63-41(34)25-32)22-30-12-8-7-9-13-30)35-26-51-46(53-35)39-15-11-21-57(39)48(60)44(29(3)4)55-49(61)62-6/h7-9,12-13,16-19,23-29,38-39,42-44,50H,10-11,14-15,20-22H2,1-6H3,(H,51,53)(H,52,54)(H,55,61). The van der Waals surface area contributed by atoms with Crippen LogP contribution in [0, 0.1) is 11.8 Å². The van der Waals surface area contributed by atoms with E-state index >= 15 is 0 Å². The number of hydrogen-bond acceptors (Lipinski definition) is 8. The van der Waals surface area contributed by atoms with Gasteiger partial charge in [-0.1, -0.05) is 70.2 Å². The highest BCUT2D eigenvalue weighted by molar-refractivity contribution is 5.92. The van der Waals surface area contributed by atoms with Gasteiger partial charge < -0.3 is 44.4 Å². The van der Waals surface area contributed by atoms with Crippen LogP contribution in [0.15, 0.2) is 85.2 Å². The van der Waals surface area contributed by atoms with Crippen LogP contribution in [0.5, 0.6) is 5.75 Å². The van der Waals surface area contributed by atoms with Gasteiger partial charge in [-0.05, 0) is 80.5 Å². The first-order valence-corrected chi connectivity index (χ1v) is 22.3. The average molecular weight is 852 g/mol. The molecule has 4 N–H and O–H groups in total. The number of nitrogens with zero attached hydrogens (tertiary/aromatic N) is 5. The number of aromatic nitrogens is 5. The molecule has 14 heteroatoms. The largest absolute Gasteiger partial charge is 0.469 e. The van der Waals surface area contributed by atoms with Gasteiger partial charge in [0.2, 0.25) is 11.8 Å². The third-order valence-electron chi connectivity index (χ3n) is 13.1. The molecule has 0 radical (unpaired) electrons. The van der Waals surface area contributed by atoms with Crippen molar-refractivity contribution in [2.24, 2.45) is 11.8 Å². The van der Waals surface area contributed by atoms with Crippen molar-refractivity contribution >= 4 is 28.8 Å². The van der Waals surface area contributed by atoms with E-state index in [2.05, 4.69) is 106 Å². The SMILES string of the molecule is CNC(C(=O)N1CCCC1c1ncc(-c2ccc3c(c2)OC(Cc2ccccc2)n2c-3cc3cc(-c4cnc(C5CCCN5C(=O)C(NC(=O)OC)C(C)C)[nH]4)ccc32)[nH]1)C(C)C. The number of nitrogens with one attached hydrogen (secondary N) is 4. The van der Waals surface area contributed by atoms with E-state index in [9.17, 15) is 14.4 Å². The van der Waals surface area contributed by atoms with Gasteiger partial charge in [-0.2, -0.15) is 0 Å². The zero-order valence-corrected chi connectivity index (χ0v) is 36.9. The van der Waals surface area contributed by atoms with Crippen LogP contribution < -0.4 is 15.4 Å². The third-order valence-corrected chi connectivity index (χ3v) is 13.1. The van der Waals surface area contributed by atoms with E-state index in [1.165, 1.54) is 12.7 Å². The maximum Gasteiger partial charge on any atom is 0.407 e. The molecule has 3 aliphatic rings. The molecule has 2 fully saturated rings. The summed E-state index contributed by atoms with van der Waals surface area (Å²) in [6.07, 6.45) is 6.86. The van der Waals surface area contributed by atoms with Crippen molar-refractivity contribution in [2.45, 2.75) is 90.2 Å². The summed E-state index contributed by atoms with van der Waals surface area (Å²) in [5.74, 6) is 2.36. The maximum atomic E-state index is 13.8. The van der Waals surface area contributed by atoms with Crippen molar-refractivity contribution in [1.29, 1.82) is 0 Å². The molecule has 5 unspecified atom stereocenters. The third kappa shape index (κ3) is 7.96. The number of likely N-dealkylation sites (N-methyl/N-ethyl adjacent to an activating group) is 1. The monoisotopic (exact) mass is 851 g/mol. The molecule has 328 valence electrons. The maximum absolute atomic E-state index is 13.8. The molecule has 5 atom stereocenters. The quantitative estimate of drug-likeness (QED) is 0.0959. The van der Waals surface area contributed by atoms with Gasteiger partial charge in [0.25, 0.3) is 0 Å². The lowest BCUT2D eigenvalue weighted by Crippen LogP contribution is -2.51. The van der Waals surface area contributed by atoms with Gasteiger partial charge in [-0.15, -0.1) is 0 Å². The second-order valence-electron chi connectivity index (χ2n) is 17.8. The first-order valence-electron chi connectivity index (χ1n) is 22.3. The molecule has 3 aliphatic heterocycles. The van der Waals surface area contributed by atoms with Gasteiger partial charge in [-0.25, -0.2) is 14.8 Å². The van der Waals surface area contributed by atoms with Gasteiger partial charge in [0.1, 0.15) is 23.4 Å². The summed E-state index contributed by atoms with van der Waals surface area (Å²) < 4.78 is 14.1. The lowest BCUT2D eigenvalue weighted by molar-refractivity contribution is -0.136.